The van der Waals surface area contributed by atoms with Crippen LogP contribution in [0.2, 0.25) is 0 Å². The van der Waals surface area contributed by atoms with E-state index in [-0.39, 0.29) is 11.8 Å². The van der Waals surface area contributed by atoms with Gasteiger partial charge in [0.15, 0.2) is 5.65 Å². The fourth-order valence-corrected chi connectivity index (χ4v) is 2.07. The molecule has 3 rings (SSSR count). The van der Waals surface area contributed by atoms with E-state index in [1.165, 1.54) is 22.8 Å². The number of nitrogens with zero attached hydrogens (tertiary/aromatic N) is 4. The summed E-state index contributed by atoms with van der Waals surface area (Å²) < 4.78 is 14.6. The van der Waals surface area contributed by atoms with E-state index >= 15 is 0 Å². The summed E-state index contributed by atoms with van der Waals surface area (Å²) in [5.41, 5.74) is 2.47. The summed E-state index contributed by atoms with van der Waals surface area (Å²) >= 11 is 0. The molecule has 0 amide bonds. The van der Waals surface area contributed by atoms with Crippen molar-refractivity contribution in [3.8, 4) is 17.1 Å². The zero-order valence-corrected chi connectivity index (χ0v) is 11.1. The Hall–Kier alpha value is -2.50. The van der Waals surface area contributed by atoms with Gasteiger partial charge in [-0.2, -0.15) is 9.61 Å². The van der Waals surface area contributed by atoms with E-state index < -0.39 is 5.82 Å². The third kappa shape index (κ3) is 1.99. The maximum atomic E-state index is 13.2. The van der Waals surface area contributed by atoms with Gasteiger partial charge in [-0.15, -0.1) is 0 Å². The Kier molecular flexibility index (Phi) is 2.85. The van der Waals surface area contributed by atoms with Gasteiger partial charge in [0, 0.05) is 23.4 Å². The van der Waals surface area contributed by atoms with E-state index in [0.29, 0.717) is 16.9 Å². The third-order valence-electron chi connectivity index (χ3n) is 3.10. The molecular weight excluding hydrogens is 259 g/mol. The van der Waals surface area contributed by atoms with Gasteiger partial charge in [0.1, 0.15) is 5.82 Å². The van der Waals surface area contributed by atoms with Crippen LogP contribution in [0, 0.1) is 5.82 Å². The molecule has 0 saturated carbocycles. The number of rotatable bonds is 2. The molecule has 3 heterocycles. The van der Waals surface area contributed by atoms with Crippen LogP contribution in [0.25, 0.3) is 16.9 Å². The molecule has 1 N–H and O–H groups in total. The Bertz CT molecular complexity index is 782. The van der Waals surface area contributed by atoms with Crippen molar-refractivity contribution in [3.63, 3.8) is 0 Å². The van der Waals surface area contributed by atoms with E-state index in [1.807, 2.05) is 13.8 Å². The number of hydrogen-bond acceptors (Lipinski definition) is 4. The molecular formula is C14H13FN4O. The van der Waals surface area contributed by atoms with E-state index in [1.54, 1.807) is 6.20 Å². The Morgan fingerprint density at radius 3 is 2.70 bits per heavy atom. The van der Waals surface area contributed by atoms with Gasteiger partial charge in [0.25, 0.3) is 0 Å². The van der Waals surface area contributed by atoms with Crippen LogP contribution in [-0.2, 0) is 0 Å². The van der Waals surface area contributed by atoms with Crippen molar-refractivity contribution < 1.29 is 9.50 Å². The highest BCUT2D eigenvalue weighted by molar-refractivity contribution is 5.64. The van der Waals surface area contributed by atoms with Crippen molar-refractivity contribution in [2.24, 2.45) is 0 Å². The van der Waals surface area contributed by atoms with Crippen molar-refractivity contribution in [2.45, 2.75) is 19.8 Å². The monoisotopic (exact) mass is 272 g/mol. The van der Waals surface area contributed by atoms with Crippen molar-refractivity contribution in [3.05, 3.63) is 42.1 Å². The normalized spacial score (nSPS) is 11.4. The summed E-state index contributed by atoms with van der Waals surface area (Å²) in [5, 5.41) is 14.1. The van der Waals surface area contributed by atoms with Crippen molar-refractivity contribution >= 4 is 5.65 Å². The van der Waals surface area contributed by atoms with Crippen LogP contribution in [0.3, 0.4) is 0 Å². The number of halogens is 1. The number of hydrogen-bond donors (Lipinski definition) is 1. The molecule has 102 valence electrons. The lowest BCUT2D eigenvalue weighted by Gasteiger charge is -2.06. The molecule has 0 unspecified atom stereocenters. The number of pyridine rings is 1. The van der Waals surface area contributed by atoms with Crippen molar-refractivity contribution in [1.29, 1.82) is 0 Å². The Labute approximate surface area is 114 Å². The SMILES string of the molecule is CC(C)c1cnn2c(O)cc(-c3cncc(F)c3)nc12. The first-order chi connectivity index (χ1) is 9.56. The first kappa shape index (κ1) is 12.5. The molecule has 5 nitrogen and oxygen atoms in total. The zero-order valence-electron chi connectivity index (χ0n) is 11.1. The molecule has 0 atom stereocenters. The number of fused-ring (bicyclic) bond motifs is 1. The standard InChI is InChI=1S/C14H13FN4O/c1-8(2)11-7-17-19-13(20)4-12(18-14(11)19)9-3-10(15)6-16-5-9/h3-8,20H,1-2H3. The minimum atomic E-state index is -0.443. The molecule has 0 bridgehead atoms. The molecule has 0 aliphatic heterocycles. The molecule has 0 saturated heterocycles. The third-order valence-corrected chi connectivity index (χ3v) is 3.10. The van der Waals surface area contributed by atoms with E-state index in [9.17, 15) is 9.50 Å². The molecule has 0 aliphatic carbocycles. The van der Waals surface area contributed by atoms with E-state index in [4.69, 9.17) is 0 Å². The van der Waals surface area contributed by atoms with Gasteiger partial charge in [0.05, 0.1) is 18.1 Å². The summed E-state index contributed by atoms with van der Waals surface area (Å²) in [7, 11) is 0. The first-order valence-corrected chi connectivity index (χ1v) is 6.25. The van der Waals surface area contributed by atoms with Crippen LogP contribution in [-0.4, -0.2) is 24.7 Å². The first-order valence-electron chi connectivity index (χ1n) is 6.25. The molecule has 0 spiro atoms. The van der Waals surface area contributed by atoms with Crippen LogP contribution in [0.15, 0.2) is 30.7 Å². The van der Waals surface area contributed by atoms with Crippen molar-refractivity contribution in [1.82, 2.24) is 19.6 Å². The number of aromatic hydroxyl groups is 1. The number of aromatic nitrogens is 4. The maximum absolute atomic E-state index is 13.2. The smallest absolute Gasteiger partial charge is 0.216 e. The van der Waals surface area contributed by atoms with Crippen LogP contribution >= 0.6 is 0 Å². The lowest BCUT2D eigenvalue weighted by Crippen LogP contribution is -1.96. The quantitative estimate of drug-likeness (QED) is 0.779. The molecule has 20 heavy (non-hydrogen) atoms. The van der Waals surface area contributed by atoms with Gasteiger partial charge in [0.2, 0.25) is 5.88 Å². The molecule has 0 fully saturated rings. The molecule has 6 heteroatoms. The largest absolute Gasteiger partial charge is 0.493 e. The summed E-state index contributed by atoms with van der Waals surface area (Å²) in [6.45, 7) is 4.04. The molecule has 0 aliphatic rings. The van der Waals surface area contributed by atoms with Gasteiger partial charge in [-0.25, -0.2) is 9.37 Å². The Balaban J connectivity index is 2.25. The average Bonchev–Trinajstić information content (AvgIpc) is 2.83. The fraction of sp³-hybridized carbons (Fsp3) is 0.214. The second kappa shape index (κ2) is 4.56. The van der Waals surface area contributed by atoms with Crippen LogP contribution in [0.1, 0.15) is 25.3 Å². The van der Waals surface area contributed by atoms with Gasteiger partial charge in [-0.05, 0) is 12.0 Å². The minimum absolute atomic E-state index is 0.0406. The maximum Gasteiger partial charge on any atom is 0.216 e. The predicted molar refractivity (Wildman–Crippen MR) is 71.9 cm³/mol. The second-order valence-corrected chi connectivity index (χ2v) is 4.88. The van der Waals surface area contributed by atoms with Crippen LogP contribution in [0.4, 0.5) is 4.39 Å². The Morgan fingerprint density at radius 1 is 1.20 bits per heavy atom. The van der Waals surface area contributed by atoms with E-state index in [0.717, 1.165) is 11.8 Å². The highest BCUT2D eigenvalue weighted by Gasteiger charge is 2.14. The lowest BCUT2D eigenvalue weighted by molar-refractivity contribution is 0.435. The lowest BCUT2D eigenvalue weighted by atomic mass is 10.1. The fourth-order valence-electron chi connectivity index (χ4n) is 2.07. The zero-order chi connectivity index (χ0) is 14.3. The topological polar surface area (TPSA) is 63.3 Å². The van der Waals surface area contributed by atoms with Crippen LogP contribution in [0.5, 0.6) is 5.88 Å². The van der Waals surface area contributed by atoms with Gasteiger partial charge >= 0.3 is 0 Å². The highest BCUT2D eigenvalue weighted by atomic mass is 19.1. The molecule has 0 aromatic carbocycles. The predicted octanol–water partition coefficient (Wildman–Crippen LogP) is 2.76. The summed E-state index contributed by atoms with van der Waals surface area (Å²) in [6, 6.07) is 2.78. The highest BCUT2D eigenvalue weighted by Crippen LogP contribution is 2.26. The minimum Gasteiger partial charge on any atom is -0.493 e. The van der Waals surface area contributed by atoms with Gasteiger partial charge in [-0.3, -0.25) is 4.98 Å². The summed E-state index contributed by atoms with van der Waals surface area (Å²) in [4.78, 5) is 8.26. The van der Waals surface area contributed by atoms with Crippen LogP contribution < -0.4 is 0 Å². The van der Waals surface area contributed by atoms with Gasteiger partial charge in [-0.1, -0.05) is 13.8 Å². The summed E-state index contributed by atoms with van der Waals surface area (Å²) in [5.74, 6) is -0.261. The van der Waals surface area contributed by atoms with E-state index in [2.05, 4.69) is 15.1 Å². The summed E-state index contributed by atoms with van der Waals surface area (Å²) in [6.07, 6.45) is 4.31. The molecule has 3 aromatic rings. The van der Waals surface area contributed by atoms with Gasteiger partial charge < -0.3 is 5.11 Å². The second-order valence-electron chi connectivity index (χ2n) is 4.88. The Morgan fingerprint density at radius 2 is 2.00 bits per heavy atom. The molecule has 3 aromatic heterocycles. The molecule has 0 radical (unpaired) electrons. The average molecular weight is 272 g/mol. The van der Waals surface area contributed by atoms with Crippen molar-refractivity contribution in [2.75, 3.05) is 0 Å².